The summed E-state index contributed by atoms with van der Waals surface area (Å²) in [6.07, 6.45) is 9.10. The van der Waals surface area contributed by atoms with Crippen molar-refractivity contribution in [3.05, 3.63) is 48.0 Å². The summed E-state index contributed by atoms with van der Waals surface area (Å²) in [4.78, 5) is 72.3. The van der Waals surface area contributed by atoms with Crippen molar-refractivity contribution in [3.63, 3.8) is 0 Å². The lowest BCUT2D eigenvalue weighted by Crippen LogP contribution is -2.46. The second-order valence-electron chi connectivity index (χ2n) is 12.6. The average molecular weight is 659 g/mol. The molecule has 1 aliphatic heterocycles. The van der Waals surface area contributed by atoms with Crippen LogP contribution in [0.2, 0.25) is 0 Å². The van der Waals surface area contributed by atoms with Gasteiger partial charge in [-0.1, -0.05) is 48.9 Å². The third kappa shape index (κ3) is 11.3. The van der Waals surface area contributed by atoms with Crippen molar-refractivity contribution in [1.29, 1.82) is 0 Å². The molecule has 258 valence electrons. The van der Waals surface area contributed by atoms with E-state index in [4.69, 9.17) is 23.6 Å². The van der Waals surface area contributed by atoms with Crippen LogP contribution in [0.3, 0.4) is 0 Å². The lowest BCUT2D eigenvalue weighted by molar-refractivity contribution is -0.138. The SMILES string of the molecule is C#CC[C@H](CC(=O)[C@H](CCCN=C(N)N)NC(=O)[C@H](CCCCN)CC(=O)[C@@H]1CCCN1C(=O)Cc1cccc2ccccc12)C(C)=O. The van der Waals surface area contributed by atoms with Gasteiger partial charge in [0.2, 0.25) is 11.8 Å². The van der Waals surface area contributed by atoms with Gasteiger partial charge in [0.05, 0.1) is 18.5 Å². The van der Waals surface area contributed by atoms with Gasteiger partial charge in [-0.15, -0.1) is 12.3 Å². The first-order chi connectivity index (χ1) is 23.0. The van der Waals surface area contributed by atoms with E-state index < -0.39 is 29.8 Å². The first kappa shape index (κ1) is 37.9. The van der Waals surface area contributed by atoms with Crippen molar-refractivity contribution in [2.24, 2.45) is 34.0 Å². The summed E-state index contributed by atoms with van der Waals surface area (Å²) in [5, 5.41) is 4.92. The van der Waals surface area contributed by atoms with Crippen molar-refractivity contribution in [2.75, 3.05) is 19.6 Å². The van der Waals surface area contributed by atoms with Gasteiger partial charge in [0.15, 0.2) is 17.5 Å². The summed E-state index contributed by atoms with van der Waals surface area (Å²) in [5.41, 5.74) is 17.5. The number of amides is 2. The smallest absolute Gasteiger partial charge is 0.227 e. The maximum Gasteiger partial charge on any atom is 0.227 e. The second-order valence-corrected chi connectivity index (χ2v) is 12.6. The molecule has 0 aliphatic carbocycles. The van der Waals surface area contributed by atoms with Crippen LogP contribution in [0.4, 0.5) is 0 Å². The molecule has 1 fully saturated rings. The Balaban J connectivity index is 1.75. The predicted octanol–water partition coefficient (Wildman–Crippen LogP) is 2.80. The molecule has 2 aromatic carbocycles. The minimum Gasteiger partial charge on any atom is -0.370 e. The molecular weight excluding hydrogens is 608 g/mol. The standard InChI is InChI=1S/C37H50N6O5/c1-3-11-27(25(2)44)22-33(45)31(17-9-20-41-37(39)40)42-36(48)29(13-6-7-19-38)23-34(46)32-18-10-21-43(32)35(47)24-28-15-8-14-26-12-4-5-16-30(26)28/h1,4-5,8,12,14-16,27,29,31-32H,6-7,9-11,13,17-24,38H2,2H3,(H,42,48)(H4,39,40,41)/t27-,29-,31+,32+/m1/s1. The van der Waals surface area contributed by atoms with Gasteiger partial charge in [-0.05, 0) is 68.3 Å². The highest BCUT2D eigenvalue weighted by Crippen LogP contribution is 2.26. The molecule has 7 N–H and O–H groups in total. The number of hydrogen-bond donors (Lipinski definition) is 4. The monoisotopic (exact) mass is 658 g/mol. The fraction of sp³-hybridized carbons (Fsp3) is 0.514. The normalized spacial score (nSPS) is 16.0. The zero-order valence-electron chi connectivity index (χ0n) is 28.0. The molecular formula is C37H50N6O5. The molecule has 48 heavy (non-hydrogen) atoms. The van der Waals surface area contributed by atoms with Gasteiger partial charge in [-0.3, -0.25) is 29.0 Å². The first-order valence-electron chi connectivity index (χ1n) is 16.9. The van der Waals surface area contributed by atoms with E-state index in [1.54, 1.807) is 4.90 Å². The molecule has 11 heteroatoms. The zero-order valence-corrected chi connectivity index (χ0v) is 28.0. The number of hydrogen-bond acceptors (Lipinski definition) is 7. The lowest BCUT2D eigenvalue weighted by atomic mass is 9.89. The maximum atomic E-state index is 13.8. The van der Waals surface area contributed by atoms with Crippen LogP contribution < -0.4 is 22.5 Å². The number of likely N-dealkylation sites (tertiary alicyclic amines) is 1. The largest absolute Gasteiger partial charge is 0.370 e. The number of Topliss-reactive ketones (excluding diaryl/α,β-unsaturated/α-hetero) is 3. The molecule has 0 bridgehead atoms. The zero-order chi connectivity index (χ0) is 35.1. The molecule has 1 aliphatic rings. The van der Waals surface area contributed by atoms with Crippen molar-refractivity contribution < 1.29 is 24.0 Å². The molecule has 0 saturated carbocycles. The van der Waals surface area contributed by atoms with Crippen molar-refractivity contribution in [3.8, 4) is 12.3 Å². The van der Waals surface area contributed by atoms with Gasteiger partial charge in [-0.25, -0.2) is 0 Å². The Kier molecular flexibility index (Phi) is 15.2. The van der Waals surface area contributed by atoms with E-state index >= 15 is 0 Å². The minimum absolute atomic E-state index is 0.0683. The molecule has 0 radical (unpaired) electrons. The van der Waals surface area contributed by atoms with Gasteiger partial charge in [0.25, 0.3) is 0 Å². The number of fused-ring (bicyclic) bond motifs is 1. The van der Waals surface area contributed by atoms with E-state index in [1.165, 1.54) is 6.92 Å². The Labute approximate surface area is 283 Å². The number of nitrogens with one attached hydrogen (secondary N) is 1. The summed E-state index contributed by atoms with van der Waals surface area (Å²) < 4.78 is 0. The van der Waals surface area contributed by atoms with E-state index in [1.807, 2.05) is 42.5 Å². The molecule has 0 unspecified atom stereocenters. The van der Waals surface area contributed by atoms with Gasteiger partial charge >= 0.3 is 0 Å². The van der Waals surface area contributed by atoms with Crippen LogP contribution in [-0.2, 0) is 30.4 Å². The fourth-order valence-electron chi connectivity index (χ4n) is 6.34. The quantitative estimate of drug-likeness (QED) is 0.0722. The van der Waals surface area contributed by atoms with E-state index in [0.717, 1.165) is 16.3 Å². The molecule has 2 amide bonds. The Morgan fingerprint density at radius 3 is 2.46 bits per heavy atom. The van der Waals surface area contributed by atoms with Crippen LogP contribution in [0, 0.1) is 24.2 Å². The van der Waals surface area contributed by atoms with Crippen LogP contribution in [0.1, 0.15) is 76.7 Å². The van der Waals surface area contributed by atoms with Crippen LogP contribution in [0.5, 0.6) is 0 Å². The van der Waals surface area contributed by atoms with Gasteiger partial charge in [0.1, 0.15) is 5.78 Å². The number of guanidine groups is 1. The Bertz CT molecular complexity index is 1510. The number of unbranched alkanes of at least 4 members (excludes halogenated alkanes) is 1. The number of terminal acetylenes is 1. The van der Waals surface area contributed by atoms with Gasteiger partial charge < -0.3 is 27.4 Å². The molecule has 1 heterocycles. The van der Waals surface area contributed by atoms with Crippen molar-refractivity contribution in [2.45, 2.75) is 89.6 Å². The highest BCUT2D eigenvalue weighted by Gasteiger charge is 2.36. The van der Waals surface area contributed by atoms with Gasteiger partial charge in [0, 0.05) is 44.2 Å². The van der Waals surface area contributed by atoms with Gasteiger partial charge in [-0.2, -0.15) is 0 Å². The number of nitrogens with two attached hydrogens (primary N) is 3. The summed E-state index contributed by atoms with van der Waals surface area (Å²) in [7, 11) is 0. The number of carbonyl (C=O) groups excluding carboxylic acids is 5. The minimum atomic E-state index is -0.913. The number of nitrogens with zero attached hydrogens (tertiary/aromatic N) is 2. The highest BCUT2D eigenvalue weighted by molar-refractivity contribution is 5.96. The molecule has 1 saturated heterocycles. The number of ketones is 3. The Morgan fingerprint density at radius 1 is 1.00 bits per heavy atom. The van der Waals surface area contributed by atoms with E-state index in [9.17, 15) is 24.0 Å². The van der Waals surface area contributed by atoms with Crippen LogP contribution in [-0.4, -0.2) is 71.7 Å². The molecule has 0 aromatic heterocycles. The lowest BCUT2D eigenvalue weighted by Gasteiger charge is -2.27. The van der Waals surface area contributed by atoms with E-state index in [0.29, 0.717) is 51.6 Å². The van der Waals surface area contributed by atoms with Crippen LogP contribution in [0.25, 0.3) is 10.8 Å². The van der Waals surface area contributed by atoms with Crippen LogP contribution in [0.15, 0.2) is 47.5 Å². The number of aliphatic imine (C=N–C) groups is 1. The number of benzene rings is 2. The topological polar surface area (TPSA) is 191 Å². The second kappa shape index (κ2) is 19.3. The molecule has 2 aromatic rings. The first-order valence-corrected chi connectivity index (χ1v) is 16.9. The number of rotatable bonds is 20. The van der Waals surface area contributed by atoms with Crippen LogP contribution >= 0.6 is 0 Å². The fourth-order valence-corrected chi connectivity index (χ4v) is 6.34. The summed E-state index contributed by atoms with van der Waals surface area (Å²) in [5.74, 6) is -0.252. The van der Waals surface area contributed by atoms with E-state index in [2.05, 4.69) is 16.2 Å². The predicted molar refractivity (Wildman–Crippen MR) is 187 cm³/mol. The molecule has 3 rings (SSSR count). The third-order valence-electron chi connectivity index (χ3n) is 9.03. The average Bonchev–Trinajstić information content (AvgIpc) is 3.56. The molecule has 11 nitrogen and oxygen atoms in total. The number of carbonyl (C=O) groups is 5. The highest BCUT2D eigenvalue weighted by atomic mass is 16.2. The summed E-state index contributed by atoms with van der Waals surface area (Å²) >= 11 is 0. The Hall–Kier alpha value is -4.56. The summed E-state index contributed by atoms with van der Waals surface area (Å²) in [6, 6.07) is 12.2. The molecule has 0 spiro atoms. The summed E-state index contributed by atoms with van der Waals surface area (Å²) in [6.45, 7) is 2.56. The van der Waals surface area contributed by atoms with Crippen molar-refractivity contribution in [1.82, 2.24) is 10.2 Å². The third-order valence-corrected chi connectivity index (χ3v) is 9.03. The maximum absolute atomic E-state index is 13.8. The molecule has 4 atom stereocenters. The van der Waals surface area contributed by atoms with Crippen molar-refractivity contribution >= 4 is 45.9 Å². The Morgan fingerprint density at radius 2 is 1.75 bits per heavy atom. The van der Waals surface area contributed by atoms with E-state index in [-0.39, 0.29) is 67.9 Å².